The summed E-state index contributed by atoms with van der Waals surface area (Å²) in [6, 6.07) is 20.9. The summed E-state index contributed by atoms with van der Waals surface area (Å²) in [5, 5.41) is 11.1. The molecule has 202 valence electrons. The van der Waals surface area contributed by atoms with E-state index in [-0.39, 0.29) is 5.91 Å². The minimum atomic E-state index is -0.636. The molecule has 1 N–H and O–H groups in total. The Morgan fingerprint density at radius 2 is 1.65 bits per heavy atom. The number of hydrogen-bond donors (Lipinski definition) is 1. The Morgan fingerprint density at radius 3 is 2.38 bits per heavy atom. The van der Waals surface area contributed by atoms with E-state index in [0.717, 1.165) is 57.5 Å². The van der Waals surface area contributed by atoms with Gasteiger partial charge in [0.1, 0.15) is 0 Å². The molecule has 0 aromatic heterocycles. The molecule has 2 aromatic rings. The van der Waals surface area contributed by atoms with Gasteiger partial charge in [-0.05, 0) is 68.2 Å². The van der Waals surface area contributed by atoms with E-state index in [1.165, 1.54) is 12.0 Å². The molecule has 5 nitrogen and oxygen atoms in total. The van der Waals surface area contributed by atoms with E-state index >= 15 is 0 Å². The average Bonchev–Trinajstić information content (AvgIpc) is 2.90. The Hall–Kier alpha value is -2.21. The van der Waals surface area contributed by atoms with Crippen LogP contribution in [0.2, 0.25) is 0 Å². The smallest absolute Gasteiger partial charge is 0.223 e. The van der Waals surface area contributed by atoms with Crippen molar-refractivity contribution in [1.29, 1.82) is 0 Å². The summed E-state index contributed by atoms with van der Waals surface area (Å²) < 4.78 is 6.06. The number of ether oxygens (including phenoxy) is 1. The van der Waals surface area contributed by atoms with Gasteiger partial charge >= 0.3 is 0 Å². The second-order valence-corrected chi connectivity index (χ2v) is 11.9. The van der Waals surface area contributed by atoms with Gasteiger partial charge in [0.15, 0.2) is 0 Å². The first-order valence-electron chi connectivity index (χ1n) is 14.2. The highest BCUT2D eigenvalue weighted by Gasteiger charge is 2.35. The second kappa shape index (κ2) is 13.5. The molecule has 0 unspecified atom stereocenters. The van der Waals surface area contributed by atoms with Crippen molar-refractivity contribution < 1.29 is 14.6 Å². The van der Waals surface area contributed by atoms with Gasteiger partial charge in [0.2, 0.25) is 5.91 Å². The van der Waals surface area contributed by atoms with Crippen molar-refractivity contribution in [2.75, 3.05) is 39.4 Å². The summed E-state index contributed by atoms with van der Waals surface area (Å²) in [5.74, 6) is 1.07. The zero-order valence-electron chi connectivity index (χ0n) is 22.9. The third kappa shape index (κ3) is 8.39. The Morgan fingerprint density at radius 1 is 0.946 bits per heavy atom. The van der Waals surface area contributed by atoms with Gasteiger partial charge in [-0.2, -0.15) is 0 Å². The highest BCUT2D eigenvalue weighted by molar-refractivity contribution is 5.76. The number of carbonyl (C=O) groups is 1. The SMILES string of the molecule is CC1(C)COCCC[C@H]2CN(CCCc3ccccc3)CC[C@H]2CC(=O)N(Cc2ccccc2)C[C@@H]1O. The number of β-amino-alcohol motifs (C(OH)–C–C–N with tert-alkyl or cyclic N) is 1. The van der Waals surface area contributed by atoms with Gasteiger partial charge in [0.25, 0.3) is 0 Å². The van der Waals surface area contributed by atoms with Crippen molar-refractivity contribution in [3.63, 3.8) is 0 Å². The molecule has 2 aliphatic rings. The van der Waals surface area contributed by atoms with E-state index < -0.39 is 11.5 Å². The molecule has 0 bridgehead atoms. The summed E-state index contributed by atoms with van der Waals surface area (Å²) in [5.41, 5.74) is 2.10. The number of piperidine rings is 1. The van der Waals surface area contributed by atoms with Crippen LogP contribution >= 0.6 is 0 Å². The fourth-order valence-corrected chi connectivity index (χ4v) is 5.85. The molecular weight excluding hydrogens is 460 g/mol. The van der Waals surface area contributed by atoms with Crippen LogP contribution in [-0.2, 0) is 22.5 Å². The van der Waals surface area contributed by atoms with Crippen LogP contribution in [0.3, 0.4) is 0 Å². The molecular formula is C32H46N2O3. The molecule has 2 saturated heterocycles. The van der Waals surface area contributed by atoms with Crippen LogP contribution in [0.4, 0.5) is 0 Å². The van der Waals surface area contributed by atoms with E-state index in [4.69, 9.17) is 4.74 Å². The zero-order chi connectivity index (χ0) is 26.1. The molecule has 0 saturated carbocycles. The molecule has 3 atom stereocenters. The highest BCUT2D eigenvalue weighted by Crippen LogP contribution is 2.32. The first kappa shape index (κ1) is 27.8. The molecule has 0 spiro atoms. The number of likely N-dealkylation sites (tertiary alicyclic amines) is 1. The number of aliphatic hydroxyl groups is 1. The summed E-state index contributed by atoms with van der Waals surface area (Å²) in [6.45, 7) is 9.42. The van der Waals surface area contributed by atoms with Gasteiger partial charge in [-0.3, -0.25) is 4.79 Å². The van der Waals surface area contributed by atoms with Crippen LogP contribution in [0.5, 0.6) is 0 Å². The fourth-order valence-electron chi connectivity index (χ4n) is 5.85. The Balaban J connectivity index is 1.42. The van der Waals surface area contributed by atoms with Crippen LogP contribution in [0, 0.1) is 17.3 Å². The number of rotatable bonds is 6. The maximum atomic E-state index is 13.7. The predicted octanol–water partition coefficient (Wildman–Crippen LogP) is 5.17. The van der Waals surface area contributed by atoms with Crippen molar-refractivity contribution in [2.24, 2.45) is 17.3 Å². The van der Waals surface area contributed by atoms with Crippen LogP contribution in [-0.4, -0.2) is 66.3 Å². The summed E-state index contributed by atoms with van der Waals surface area (Å²) in [7, 11) is 0. The first-order chi connectivity index (χ1) is 17.9. The fraction of sp³-hybridized carbons (Fsp3) is 0.594. The molecule has 2 aromatic carbocycles. The first-order valence-corrected chi connectivity index (χ1v) is 14.2. The van der Waals surface area contributed by atoms with Crippen molar-refractivity contribution in [2.45, 2.75) is 65.0 Å². The summed E-state index contributed by atoms with van der Waals surface area (Å²) >= 11 is 0. The van der Waals surface area contributed by atoms with Gasteiger partial charge in [0.05, 0.1) is 12.7 Å². The van der Waals surface area contributed by atoms with E-state index in [1.54, 1.807) is 0 Å². The molecule has 2 fully saturated rings. The van der Waals surface area contributed by atoms with Crippen molar-refractivity contribution in [3.8, 4) is 0 Å². The third-order valence-electron chi connectivity index (χ3n) is 8.40. The number of benzene rings is 2. The van der Waals surface area contributed by atoms with E-state index in [0.29, 0.717) is 38.0 Å². The van der Waals surface area contributed by atoms with Crippen molar-refractivity contribution in [1.82, 2.24) is 9.80 Å². The summed E-state index contributed by atoms with van der Waals surface area (Å²) in [4.78, 5) is 18.2. The number of nitrogens with zero attached hydrogens (tertiary/aromatic N) is 2. The van der Waals surface area contributed by atoms with Crippen molar-refractivity contribution in [3.05, 3.63) is 71.8 Å². The number of aliphatic hydroxyl groups excluding tert-OH is 1. The topological polar surface area (TPSA) is 53.0 Å². The third-order valence-corrected chi connectivity index (χ3v) is 8.40. The lowest BCUT2D eigenvalue weighted by atomic mass is 9.80. The number of amides is 1. The molecule has 5 heteroatoms. The van der Waals surface area contributed by atoms with E-state index in [1.807, 2.05) is 36.9 Å². The Kier molecular flexibility index (Phi) is 10.2. The van der Waals surface area contributed by atoms with Gasteiger partial charge in [-0.1, -0.05) is 74.5 Å². The van der Waals surface area contributed by atoms with Gasteiger partial charge in [-0.15, -0.1) is 0 Å². The molecule has 1 amide bonds. The molecule has 4 rings (SSSR count). The standard InChI is InChI=1S/C32H46N2O3/c1-32(2)25-37-20-10-16-29-23-33(18-9-15-26-11-5-3-6-12-26)19-17-28(29)21-31(36)34(24-30(32)35)22-27-13-7-4-8-14-27/h3-8,11-14,28-30,35H,9-10,15-25H2,1-2H3/t28-,29-,30-/m0/s1. The van der Waals surface area contributed by atoms with Crippen LogP contribution in [0.1, 0.15) is 57.1 Å². The van der Waals surface area contributed by atoms with Crippen LogP contribution < -0.4 is 0 Å². The normalized spacial score (nSPS) is 26.0. The number of hydrogen-bond acceptors (Lipinski definition) is 4. The quantitative estimate of drug-likeness (QED) is 0.587. The Labute approximate surface area is 223 Å². The monoisotopic (exact) mass is 506 g/mol. The van der Waals surface area contributed by atoms with Gasteiger partial charge in [-0.25, -0.2) is 0 Å². The van der Waals surface area contributed by atoms with E-state index in [9.17, 15) is 9.90 Å². The molecule has 2 aliphatic heterocycles. The molecule has 0 aliphatic carbocycles. The second-order valence-electron chi connectivity index (χ2n) is 11.9. The number of carbonyl (C=O) groups excluding carboxylic acids is 1. The molecule has 2 heterocycles. The average molecular weight is 507 g/mol. The predicted molar refractivity (Wildman–Crippen MR) is 149 cm³/mol. The largest absolute Gasteiger partial charge is 0.391 e. The zero-order valence-corrected chi connectivity index (χ0v) is 22.9. The van der Waals surface area contributed by atoms with Crippen LogP contribution in [0.15, 0.2) is 60.7 Å². The molecule has 37 heavy (non-hydrogen) atoms. The maximum absolute atomic E-state index is 13.7. The minimum Gasteiger partial charge on any atom is -0.391 e. The summed E-state index contributed by atoms with van der Waals surface area (Å²) in [6.07, 6.45) is 5.38. The number of fused-ring (bicyclic) bond motifs is 1. The Bertz CT molecular complexity index is 949. The van der Waals surface area contributed by atoms with E-state index in [2.05, 4.69) is 47.4 Å². The maximum Gasteiger partial charge on any atom is 0.223 e. The van der Waals surface area contributed by atoms with Gasteiger partial charge < -0.3 is 19.6 Å². The van der Waals surface area contributed by atoms with Crippen molar-refractivity contribution >= 4 is 5.91 Å². The lowest BCUT2D eigenvalue weighted by Gasteiger charge is -2.39. The molecule has 0 radical (unpaired) electrons. The lowest BCUT2D eigenvalue weighted by molar-refractivity contribution is -0.137. The highest BCUT2D eigenvalue weighted by atomic mass is 16.5. The lowest BCUT2D eigenvalue weighted by Crippen LogP contribution is -2.46. The van der Waals surface area contributed by atoms with Crippen LogP contribution in [0.25, 0.3) is 0 Å². The minimum absolute atomic E-state index is 0.173. The van der Waals surface area contributed by atoms with Gasteiger partial charge in [0, 0.05) is 38.1 Å². The number of aryl methyl sites for hydroxylation is 1.